The largest absolute Gasteiger partial charge is 0.322 e. The van der Waals surface area contributed by atoms with E-state index in [1.807, 2.05) is 67.3 Å². The van der Waals surface area contributed by atoms with E-state index >= 15 is 0 Å². The van der Waals surface area contributed by atoms with Crippen molar-refractivity contribution in [3.63, 3.8) is 0 Å². The number of anilines is 2. The Labute approximate surface area is 187 Å². The van der Waals surface area contributed by atoms with Crippen LogP contribution in [0.5, 0.6) is 0 Å². The van der Waals surface area contributed by atoms with E-state index in [4.69, 9.17) is 0 Å². The Kier molecular flexibility index (Phi) is 6.14. The van der Waals surface area contributed by atoms with E-state index in [0.717, 1.165) is 34.5 Å². The minimum atomic E-state index is -0.138. The summed E-state index contributed by atoms with van der Waals surface area (Å²) in [6, 6.07) is 21.7. The second-order valence-electron chi connectivity index (χ2n) is 7.90. The summed E-state index contributed by atoms with van der Waals surface area (Å²) in [6.45, 7) is 6.18. The van der Waals surface area contributed by atoms with Crippen molar-refractivity contribution < 1.29 is 9.59 Å². The predicted molar refractivity (Wildman–Crippen MR) is 129 cm³/mol. The molecular weight excluding hydrogens is 404 g/mol. The Morgan fingerprint density at radius 3 is 2.42 bits per heavy atom. The summed E-state index contributed by atoms with van der Waals surface area (Å²) in [5.74, 6) is 0.407. The fourth-order valence-electron chi connectivity index (χ4n) is 3.90. The molecule has 1 fully saturated rings. The smallest absolute Gasteiger partial charge is 0.255 e. The van der Waals surface area contributed by atoms with Crippen LogP contribution in [0.1, 0.15) is 44.9 Å². The highest BCUT2D eigenvalue weighted by atomic mass is 32.2. The highest BCUT2D eigenvalue weighted by Gasteiger charge is 2.34. The van der Waals surface area contributed by atoms with Crippen LogP contribution in [0.15, 0.2) is 66.7 Å². The summed E-state index contributed by atoms with van der Waals surface area (Å²) in [7, 11) is 0. The van der Waals surface area contributed by atoms with Gasteiger partial charge < -0.3 is 5.32 Å². The molecule has 1 saturated heterocycles. The molecule has 1 aliphatic rings. The number of rotatable bonds is 5. The first-order chi connectivity index (χ1) is 14.9. The molecule has 0 aliphatic carbocycles. The Morgan fingerprint density at radius 2 is 1.74 bits per heavy atom. The summed E-state index contributed by atoms with van der Waals surface area (Å²) in [5, 5.41) is 2.88. The van der Waals surface area contributed by atoms with Crippen LogP contribution >= 0.6 is 11.8 Å². The van der Waals surface area contributed by atoms with Crippen LogP contribution in [0.25, 0.3) is 0 Å². The lowest BCUT2D eigenvalue weighted by Crippen LogP contribution is -2.28. The Morgan fingerprint density at radius 1 is 1.03 bits per heavy atom. The van der Waals surface area contributed by atoms with Crippen molar-refractivity contribution in [2.45, 2.75) is 32.6 Å². The molecule has 4 nitrogen and oxygen atoms in total. The summed E-state index contributed by atoms with van der Waals surface area (Å²) in [4.78, 5) is 27.3. The fourth-order valence-corrected chi connectivity index (χ4v) is 5.07. The van der Waals surface area contributed by atoms with Gasteiger partial charge in [-0.2, -0.15) is 0 Å². The molecule has 0 bridgehead atoms. The Hall–Kier alpha value is -3.05. The van der Waals surface area contributed by atoms with E-state index in [2.05, 4.69) is 30.4 Å². The molecule has 1 N–H and O–H groups in total. The number of amides is 2. The van der Waals surface area contributed by atoms with E-state index in [1.54, 1.807) is 11.8 Å². The highest BCUT2D eigenvalue weighted by Crippen LogP contribution is 2.42. The topological polar surface area (TPSA) is 49.4 Å². The van der Waals surface area contributed by atoms with Crippen molar-refractivity contribution in [2.75, 3.05) is 16.0 Å². The van der Waals surface area contributed by atoms with E-state index in [1.165, 1.54) is 5.56 Å². The van der Waals surface area contributed by atoms with Crippen molar-refractivity contribution >= 4 is 35.0 Å². The highest BCUT2D eigenvalue weighted by molar-refractivity contribution is 8.00. The molecule has 0 saturated carbocycles. The van der Waals surface area contributed by atoms with Crippen LogP contribution in [0.2, 0.25) is 0 Å². The van der Waals surface area contributed by atoms with Crippen molar-refractivity contribution in [1.82, 2.24) is 0 Å². The van der Waals surface area contributed by atoms with Gasteiger partial charge in [0.1, 0.15) is 5.37 Å². The first-order valence-corrected chi connectivity index (χ1v) is 11.5. The lowest BCUT2D eigenvalue weighted by molar-refractivity contribution is -0.115. The van der Waals surface area contributed by atoms with Gasteiger partial charge in [0.25, 0.3) is 5.91 Å². The summed E-state index contributed by atoms with van der Waals surface area (Å²) >= 11 is 1.61. The number of hydrogen-bond acceptors (Lipinski definition) is 3. The second kappa shape index (κ2) is 8.98. The molecule has 1 heterocycles. The van der Waals surface area contributed by atoms with Gasteiger partial charge in [-0.05, 0) is 78.9 Å². The van der Waals surface area contributed by atoms with E-state index < -0.39 is 0 Å². The monoisotopic (exact) mass is 430 g/mol. The molecule has 158 valence electrons. The molecule has 0 unspecified atom stereocenters. The maximum Gasteiger partial charge on any atom is 0.255 e. The lowest BCUT2D eigenvalue weighted by Gasteiger charge is -2.25. The quantitative estimate of drug-likeness (QED) is 0.548. The maximum absolute atomic E-state index is 12.7. The summed E-state index contributed by atoms with van der Waals surface area (Å²) in [6.07, 6.45) is 0.943. The van der Waals surface area contributed by atoms with E-state index in [9.17, 15) is 9.59 Å². The minimum absolute atomic E-state index is 0.102. The van der Waals surface area contributed by atoms with Gasteiger partial charge in [-0.3, -0.25) is 14.5 Å². The van der Waals surface area contributed by atoms with Crippen molar-refractivity contribution in [3.05, 3.63) is 94.5 Å². The van der Waals surface area contributed by atoms with Crippen molar-refractivity contribution in [3.8, 4) is 0 Å². The third-order valence-electron chi connectivity index (χ3n) is 5.41. The Bertz CT molecular complexity index is 1100. The molecule has 1 atom stereocenters. The number of thioether (sulfide) groups is 1. The average molecular weight is 431 g/mol. The normalized spacial score (nSPS) is 15.9. The number of nitrogens with one attached hydrogen (secondary N) is 1. The van der Waals surface area contributed by atoms with Crippen LogP contribution < -0.4 is 10.2 Å². The molecule has 3 aromatic rings. The van der Waals surface area contributed by atoms with Gasteiger partial charge in [0.15, 0.2) is 0 Å². The molecule has 4 rings (SSSR count). The molecule has 1 aliphatic heterocycles. The number of benzene rings is 3. The molecule has 5 heteroatoms. The average Bonchev–Trinajstić information content (AvgIpc) is 3.15. The molecule has 0 aromatic heterocycles. The zero-order chi connectivity index (χ0) is 22.0. The number of carbonyl (C=O) groups is 2. The molecule has 2 amide bonds. The van der Waals surface area contributed by atoms with Crippen LogP contribution in [0.4, 0.5) is 11.4 Å². The van der Waals surface area contributed by atoms with Crippen LogP contribution in [0, 0.1) is 13.8 Å². The fraction of sp³-hybridized carbons (Fsp3) is 0.231. The maximum atomic E-state index is 12.7. The van der Waals surface area contributed by atoms with Crippen LogP contribution in [-0.4, -0.2) is 17.6 Å². The second-order valence-corrected chi connectivity index (χ2v) is 8.97. The SMILES string of the molecule is CCc1ccc(C(=O)Nc2cccc([C@@H]3SCC(=O)N3c3cc(C)cc(C)c3)c2)cc1. The first-order valence-electron chi connectivity index (χ1n) is 10.5. The molecule has 0 spiro atoms. The van der Waals surface area contributed by atoms with Gasteiger partial charge in [0.2, 0.25) is 5.91 Å². The van der Waals surface area contributed by atoms with Gasteiger partial charge in [-0.15, -0.1) is 11.8 Å². The predicted octanol–water partition coefficient (Wildman–Crippen LogP) is 5.90. The Balaban J connectivity index is 1.58. The number of carbonyl (C=O) groups excluding carboxylic acids is 2. The third kappa shape index (κ3) is 4.67. The van der Waals surface area contributed by atoms with Gasteiger partial charge in [-0.1, -0.05) is 37.3 Å². The van der Waals surface area contributed by atoms with Gasteiger partial charge in [0, 0.05) is 16.9 Å². The third-order valence-corrected chi connectivity index (χ3v) is 6.62. The van der Waals surface area contributed by atoms with Crippen molar-refractivity contribution in [2.24, 2.45) is 0 Å². The van der Waals surface area contributed by atoms with Crippen molar-refractivity contribution in [1.29, 1.82) is 0 Å². The van der Waals surface area contributed by atoms with E-state index in [0.29, 0.717) is 11.3 Å². The standard InChI is InChI=1S/C26H26N2O2S/c1-4-19-8-10-20(11-9-19)25(30)27-22-7-5-6-21(15-22)26-28(24(29)16-31-26)23-13-17(2)12-18(3)14-23/h5-15,26H,4,16H2,1-3H3,(H,27,30)/t26-/m0/s1. The minimum Gasteiger partial charge on any atom is -0.322 e. The summed E-state index contributed by atoms with van der Waals surface area (Å²) < 4.78 is 0. The zero-order valence-electron chi connectivity index (χ0n) is 18.0. The number of nitrogens with zero attached hydrogens (tertiary/aromatic N) is 1. The van der Waals surface area contributed by atoms with Gasteiger partial charge >= 0.3 is 0 Å². The number of hydrogen-bond donors (Lipinski definition) is 1. The molecule has 0 radical (unpaired) electrons. The summed E-state index contributed by atoms with van der Waals surface area (Å²) in [5.41, 5.74) is 6.74. The zero-order valence-corrected chi connectivity index (χ0v) is 18.8. The molecule has 3 aromatic carbocycles. The number of aryl methyl sites for hydroxylation is 3. The van der Waals surface area contributed by atoms with Gasteiger partial charge in [-0.25, -0.2) is 0 Å². The van der Waals surface area contributed by atoms with Crippen LogP contribution in [0.3, 0.4) is 0 Å². The molecular formula is C26H26N2O2S. The van der Waals surface area contributed by atoms with E-state index in [-0.39, 0.29) is 17.2 Å². The first kappa shape index (κ1) is 21.2. The van der Waals surface area contributed by atoms with Crippen LogP contribution in [-0.2, 0) is 11.2 Å². The lowest BCUT2D eigenvalue weighted by atomic mass is 10.1. The molecule has 31 heavy (non-hydrogen) atoms. The van der Waals surface area contributed by atoms with Gasteiger partial charge in [0.05, 0.1) is 5.75 Å².